The predicted molar refractivity (Wildman–Crippen MR) is 71.0 cm³/mol. The van der Waals surface area contributed by atoms with Crippen molar-refractivity contribution in [3.63, 3.8) is 0 Å². The van der Waals surface area contributed by atoms with Gasteiger partial charge in [-0.25, -0.2) is 9.59 Å². The molecule has 0 amide bonds. The Morgan fingerprint density at radius 1 is 1.15 bits per heavy atom. The van der Waals surface area contributed by atoms with Crippen molar-refractivity contribution in [3.8, 4) is 5.75 Å². The van der Waals surface area contributed by atoms with E-state index in [0.717, 1.165) is 17.9 Å². The first-order valence-electron chi connectivity index (χ1n) is 5.75. The number of rotatable bonds is 3. The van der Waals surface area contributed by atoms with Gasteiger partial charge in [-0.1, -0.05) is 30.3 Å². The maximum Gasteiger partial charge on any atom is 0.345 e. The number of carboxylic acids is 1. The largest absolute Gasteiger partial charge is 0.872 e. The number of benzene rings is 2. The van der Waals surface area contributed by atoms with Crippen molar-refractivity contribution in [1.29, 1.82) is 0 Å². The number of ether oxygens (including phenoxy) is 1. The summed E-state index contributed by atoms with van der Waals surface area (Å²) < 4.78 is 4.42. The van der Waals surface area contributed by atoms with Crippen LogP contribution >= 0.6 is 0 Å². The van der Waals surface area contributed by atoms with Crippen LogP contribution in [-0.4, -0.2) is 24.2 Å². The van der Waals surface area contributed by atoms with Crippen molar-refractivity contribution in [1.82, 2.24) is 0 Å². The van der Waals surface area contributed by atoms with Crippen LogP contribution in [0.15, 0.2) is 42.0 Å². The number of carbonyl (C=O) groups is 2. The highest BCUT2D eigenvalue weighted by atomic mass is 16.5. The van der Waals surface area contributed by atoms with Crippen LogP contribution in [0.4, 0.5) is 0 Å². The molecule has 2 aromatic carbocycles. The Morgan fingerprint density at radius 2 is 1.80 bits per heavy atom. The van der Waals surface area contributed by atoms with Gasteiger partial charge >= 0.3 is 11.9 Å². The third-order valence-electron chi connectivity index (χ3n) is 2.78. The first-order valence-corrected chi connectivity index (χ1v) is 5.75. The highest BCUT2D eigenvalue weighted by molar-refractivity contribution is 6.17. The summed E-state index contributed by atoms with van der Waals surface area (Å²) >= 11 is 0. The average Bonchev–Trinajstić information content (AvgIpc) is 2.43. The van der Waals surface area contributed by atoms with Crippen LogP contribution < -0.4 is 5.11 Å². The molecule has 2 aromatic rings. The van der Waals surface area contributed by atoms with Gasteiger partial charge in [0.15, 0.2) is 0 Å². The second-order valence-corrected chi connectivity index (χ2v) is 4.12. The second-order valence-electron chi connectivity index (χ2n) is 4.12. The number of aliphatic carboxylic acids is 1. The lowest BCUT2D eigenvalue weighted by Gasteiger charge is -2.07. The van der Waals surface area contributed by atoms with Crippen molar-refractivity contribution in [3.05, 3.63) is 47.5 Å². The van der Waals surface area contributed by atoms with Gasteiger partial charge in [0.1, 0.15) is 5.57 Å². The number of methoxy groups -OCH3 is 1. The lowest BCUT2D eigenvalue weighted by molar-refractivity contribution is -0.268. The fourth-order valence-electron chi connectivity index (χ4n) is 1.82. The Labute approximate surface area is 114 Å². The lowest BCUT2D eigenvalue weighted by atomic mass is 10.0. The van der Waals surface area contributed by atoms with Gasteiger partial charge < -0.3 is 14.9 Å². The zero-order chi connectivity index (χ0) is 14.7. The summed E-state index contributed by atoms with van der Waals surface area (Å²) in [5.41, 5.74) is 0.0891. The van der Waals surface area contributed by atoms with Crippen molar-refractivity contribution in [2.45, 2.75) is 0 Å². The van der Waals surface area contributed by atoms with E-state index in [0.29, 0.717) is 5.56 Å². The standard InChI is InChI=1S/C15H12O5/c1-20-15(19)13(14(17)18)7-9-2-3-11-8-12(16)5-4-10(11)6-9/h2-8,16H,1H3,(H,17,18)/p-1/b13-7-. The summed E-state index contributed by atoms with van der Waals surface area (Å²) in [7, 11) is 1.12. The van der Waals surface area contributed by atoms with Crippen LogP contribution in [0.25, 0.3) is 16.8 Å². The molecule has 0 radical (unpaired) electrons. The molecule has 0 bridgehead atoms. The molecular formula is C15H11O5-. The maximum atomic E-state index is 11.4. The number of carbonyl (C=O) groups excluding carboxylic acids is 1. The quantitative estimate of drug-likeness (QED) is 0.396. The van der Waals surface area contributed by atoms with E-state index in [4.69, 9.17) is 5.11 Å². The molecule has 5 nitrogen and oxygen atoms in total. The van der Waals surface area contributed by atoms with E-state index in [1.165, 1.54) is 18.2 Å². The molecule has 0 saturated heterocycles. The van der Waals surface area contributed by atoms with Gasteiger partial charge in [-0.3, -0.25) is 0 Å². The van der Waals surface area contributed by atoms with Crippen LogP contribution in [0.2, 0.25) is 0 Å². The second kappa shape index (κ2) is 5.44. The number of fused-ring (bicyclic) bond motifs is 1. The van der Waals surface area contributed by atoms with E-state index in [1.807, 2.05) is 0 Å². The Morgan fingerprint density at radius 3 is 2.45 bits per heavy atom. The van der Waals surface area contributed by atoms with Crippen LogP contribution in [0.5, 0.6) is 5.75 Å². The van der Waals surface area contributed by atoms with Crippen LogP contribution in [-0.2, 0) is 14.3 Å². The third kappa shape index (κ3) is 2.77. The van der Waals surface area contributed by atoms with Gasteiger partial charge in [-0.05, 0) is 28.5 Å². The van der Waals surface area contributed by atoms with Crippen LogP contribution in [0, 0.1) is 0 Å². The van der Waals surface area contributed by atoms with E-state index in [-0.39, 0.29) is 5.75 Å². The SMILES string of the molecule is COC(=O)/C(=C\c1ccc2cc([O-])ccc2c1)C(=O)O. The predicted octanol–water partition coefficient (Wildman–Crippen LogP) is 1.55. The highest BCUT2D eigenvalue weighted by Crippen LogP contribution is 2.21. The summed E-state index contributed by atoms with van der Waals surface area (Å²) in [6.45, 7) is 0. The van der Waals surface area contributed by atoms with Gasteiger partial charge in [0.25, 0.3) is 0 Å². The Balaban J connectivity index is 2.49. The molecule has 0 aliphatic rings. The summed E-state index contributed by atoms with van der Waals surface area (Å²) in [4.78, 5) is 22.4. The summed E-state index contributed by atoms with van der Waals surface area (Å²) in [5.74, 6) is -2.36. The zero-order valence-corrected chi connectivity index (χ0v) is 10.6. The fourth-order valence-corrected chi connectivity index (χ4v) is 1.82. The Hall–Kier alpha value is -2.82. The minimum Gasteiger partial charge on any atom is -0.872 e. The molecule has 2 rings (SSSR count). The van der Waals surface area contributed by atoms with E-state index in [9.17, 15) is 14.7 Å². The van der Waals surface area contributed by atoms with Crippen LogP contribution in [0.3, 0.4) is 0 Å². The lowest BCUT2D eigenvalue weighted by Crippen LogP contribution is -2.13. The average molecular weight is 271 g/mol. The normalized spacial score (nSPS) is 11.3. The van der Waals surface area contributed by atoms with Crippen molar-refractivity contribution < 1.29 is 24.5 Å². The molecule has 0 atom stereocenters. The highest BCUT2D eigenvalue weighted by Gasteiger charge is 2.17. The molecule has 5 heteroatoms. The Bertz CT molecular complexity index is 715. The molecule has 0 aromatic heterocycles. The van der Waals surface area contributed by atoms with Gasteiger partial charge in [-0.2, -0.15) is 0 Å². The molecule has 0 aliphatic carbocycles. The summed E-state index contributed by atoms with van der Waals surface area (Å²) in [6.07, 6.45) is 1.23. The Kier molecular flexibility index (Phi) is 3.70. The molecular weight excluding hydrogens is 260 g/mol. The number of carboxylic acid groups (broad SMARTS) is 1. The monoisotopic (exact) mass is 271 g/mol. The van der Waals surface area contributed by atoms with Crippen molar-refractivity contribution in [2.24, 2.45) is 0 Å². The van der Waals surface area contributed by atoms with Gasteiger partial charge in [0, 0.05) is 0 Å². The third-order valence-corrected chi connectivity index (χ3v) is 2.78. The van der Waals surface area contributed by atoms with Crippen molar-refractivity contribution >= 4 is 28.8 Å². The van der Waals surface area contributed by atoms with Gasteiger partial charge in [-0.15, -0.1) is 5.75 Å². The zero-order valence-electron chi connectivity index (χ0n) is 10.6. The van der Waals surface area contributed by atoms with E-state index in [1.54, 1.807) is 24.3 Å². The first kappa shape index (κ1) is 13.6. The molecule has 0 unspecified atom stereocenters. The molecule has 0 saturated carbocycles. The molecule has 102 valence electrons. The molecule has 1 N–H and O–H groups in total. The number of hydrogen-bond donors (Lipinski definition) is 1. The van der Waals surface area contributed by atoms with E-state index < -0.39 is 17.5 Å². The topological polar surface area (TPSA) is 86.7 Å². The minimum atomic E-state index is -1.35. The van der Waals surface area contributed by atoms with E-state index >= 15 is 0 Å². The maximum absolute atomic E-state index is 11.4. The van der Waals surface area contributed by atoms with E-state index in [2.05, 4.69) is 4.74 Å². The molecule has 0 spiro atoms. The summed E-state index contributed by atoms with van der Waals surface area (Å²) in [5, 5.41) is 21.7. The summed E-state index contributed by atoms with van der Waals surface area (Å²) in [6, 6.07) is 9.58. The molecule has 20 heavy (non-hydrogen) atoms. The number of esters is 1. The number of hydrogen-bond acceptors (Lipinski definition) is 4. The smallest absolute Gasteiger partial charge is 0.345 e. The molecule has 0 fully saturated rings. The van der Waals surface area contributed by atoms with Crippen LogP contribution in [0.1, 0.15) is 5.56 Å². The van der Waals surface area contributed by atoms with Crippen molar-refractivity contribution in [2.75, 3.05) is 7.11 Å². The van der Waals surface area contributed by atoms with Gasteiger partial charge in [0.05, 0.1) is 7.11 Å². The fraction of sp³-hybridized carbons (Fsp3) is 0.0667. The minimum absolute atomic E-state index is 0.0958. The molecule has 0 aliphatic heterocycles. The van der Waals surface area contributed by atoms with Gasteiger partial charge in [0.2, 0.25) is 0 Å². The first-order chi connectivity index (χ1) is 9.51. The molecule has 0 heterocycles.